The van der Waals surface area contributed by atoms with Crippen molar-refractivity contribution in [3.05, 3.63) is 63.7 Å². The zero-order chi connectivity index (χ0) is 20.0. The van der Waals surface area contributed by atoms with Crippen LogP contribution >= 0.6 is 0 Å². The van der Waals surface area contributed by atoms with Crippen molar-refractivity contribution in [1.82, 2.24) is 4.72 Å². The quantitative estimate of drug-likeness (QED) is 0.530. The zero-order valence-electron chi connectivity index (χ0n) is 15.1. The average molecular weight is 391 g/mol. The summed E-state index contributed by atoms with van der Waals surface area (Å²) in [6, 6.07) is 10.8. The average Bonchev–Trinajstić information content (AvgIpc) is 2.62. The van der Waals surface area contributed by atoms with Crippen LogP contribution in [0.2, 0.25) is 0 Å². The molecule has 0 bridgehead atoms. The Morgan fingerprint density at radius 2 is 1.81 bits per heavy atom. The van der Waals surface area contributed by atoms with Gasteiger partial charge in [-0.15, -0.1) is 0 Å². The van der Waals surface area contributed by atoms with Gasteiger partial charge in [-0.1, -0.05) is 25.1 Å². The van der Waals surface area contributed by atoms with Crippen molar-refractivity contribution >= 4 is 27.3 Å². The molecule has 9 heteroatoms. The van der Waals surface area contributed by atoms with Crippen LogP contribution in [0.25, 0.3) is 0 Å². The monoisotopic (exact) mass is 391 g/mol. The SMILES string of the molecule is CCNS(=O)(=O)c1ccc(CCC(=O)Nc2cccc([N+](=O)[O-])c2C)cc1. The number of anilines is 1. The van der Waals surface area contributed by atoms with E-state index in [0.717, 1.165) is 5.56 Å². The van der Waals surface area contributed by atoms with Gasteiger partial charge in [0.1, 0.15) is 0 Å². The molecule has 2 aromatic carbocycles. The maximum Gasteiger partial charge on any atom is 0.274 e. The summed E-state index contributed by atoms with van der Waals surface area (Å²) in [5, 5.41) is 13.6. The largest absolute Gasteiger partial charge is 0.326 e. The Balaban J connectivity index is 1.98. The standard InChI is InChI=1S/C18H21N3O5S/c1-3-19-27(25,26)15-10-7-14(8-11-15)9-12-18(22)20-16-5-4-6-17(13(16)2)21(23)24/h4-8,10-11,19H,3,9,12H2,1-2H3,(H,20,22). The molecule has 0 fully saturated rings. The fourth-order valence-electron chi connectivity index (χ4n) is 2.54. The third-order valence-corrected chi connectivity index (χ3v) is 5.55. The predicted octanol–water partition coefficient (Wildman–Crippen LogP) is 2.77. The number of carbonyl (C=O) groups is 1. The number of nitrogens with one attached hydrogen (secondary N) is 2. The fraction of sp³-hybridized carbons (Fsp3) is 0.278. The van der Waals surface area contributed by atoms with Gasteiger partial charge in [-0.3, -0.25) is 14.9 Å². The lowest BCUT2D eigenvalue weighted by atomic mass is 10.1. The molecule has 0 unspecified atom stereocenters. The molecule has 2 rings (SSSR count). The van der Waals surface area contributed by atoms with E-state index >= 15 is 0 Å². The molecule has 8 nitrogen and oxygen atoms in total. The minimum absolute atomic E-state index is 0.0507. The number of hydrogen-bond donors (Lipinski definition) is 2. The van der Waals surface area contributed by atoms with E-state index in [1.165, 1.54) is 24.3 Å². The molecule has 0 aliphatic rings. The second-order valence-electron chi connectivity index (χ2n) is 5.90. The van der Waals surface area contributed by atoms with Gasteiger partial charge in [-0.05, 0) is 37.1 Å². The van der Waals surface area contributed by atoms with Crippen molar-refractivity contribution in [2.75, 3.05) is 11.9 Å². The third kappa shape index (κ3) is 5.35. The molecule has 0 heterocycles. The molecule has 2 N–H and O–H groups in total. The summed E-state index contributed by atoms with van der Waals surface area (Å²) < 4.78 is 26.2. The molecule has 0 saturated heterocycles. The lowest BCUT2D eigenvalue weighted by Gasteiger charge is -2.09. The lowest BCUT2D eigenvalue weighted by Crippen LogP contribution is -2.23. The number of sulfonamides is 1. The maximum absolute atomic E-state index is 12.1. The Bertz CT molecular complexity index is 940. The van der Waals surface area contributed by atoms with Crippen LogP contribution in [-0.2, 0) is 21.2 Å². The molecule has 0 saturated carbocycles. The molecule has 1 amide bonds. The van der Waals surface area contributed by atoms with E-state index in [-0.39, 0.29) is 22.9 Å². The first-order chi connectivity index (χ1) is 12.7. The van der Waals surface area contributed by atoms with Crippen LogP contribution in [0.3, 0.4) is 0 Å². The van der Waals surface area contributed by atoms with Gasteiger partial charge in [0.15, 0.2) is 0 Å². The van der Waals surface area contributed by atoms with Crippen molar-refractivity contribution in [2.45, 2.75) is 31.6 Å². The predicted molar refractivity (Wildman–Crippen MR) is 102 cm³/mol. The first-order valence-electron chi connectivity index (χ1n) is 8.37. The van der Waals surface area contributed by atoms with Crippen molar-refractivity contribution in [3.63, 3.8) is 0 Å². The number of carbonyl (C=O) groups excluding carboxylic acids is 1. The fourth-order valence-corrected chi connectivity index (χ4v) is 3.58. The topological polar surface area (TPSA) is 118 Å². The van der Waals surface area contributed by atoms with Crippen LogP contribution in [0.5, 0.6) is 0 Å². The first kappa shape index (κ1) is 20.5. The van der Waals surface area contributed by atoms with E-state index in [4.69, 9.17) is 0 Å². The maximum atomic E-state index is 12.1. The number of aryl methyl sites for hydroxylation is 1. The molecular weight excluding hydrogens is 370 g/mol. The first-order valence-corrected chi connectivity index (χ1v) is 9.85. The van der Waals surface area contributed by atoms with E-state index in [0.29, 0.717) is 24.2 Å². The van der Waals surface area contributed by atoms with Crippen molar-refractivity contribution in [3.8, 4) is 0 Å². The number of benzene rings is 2. The summed E-state index contributed by atoms with van der Waals surface area (Å²) in [5.41, 5.74) is 1.57. The van der Waals surface area contributed by atoms with Crippen molar-refractivity contribution in [1.29, 1.82) is 0 Å². The van der Waals surface area contributed by atoms with Crippen LogP contribution in [0.1, 0.15) is 24.5 Å². The molecular formula is C18H21N3O5S. The van der Waals surface area contributed by atoms with Crippen LogP contribution < -0.4 is 10.0 Å². The molecule has 0 aromatic heterocycles. The number of nitrogens with zero attached hydrogens (tertiary/aromatic N) is 1. The molecule has 0 spiro atoms. The van der Waals surface area contributed by atoms with E-state index in [1.54, 1.807) is 32.0 Å². The van der Waals surface area contributed by atoms with Gasteiger partial charge in [-0.2, -0.15) is 0 Å². The van der Waals surface area contributed by atoms with Gasteiger partial charge < -0.3 is 5.32 Å². The highest BCUT2D eigenvalue weighted by Gasteiger charge is 2.15. The second-order valence-corrected chi connectivity index (χ2v) is 7.67. The third-order valence-electron chi connectivity index (χ3n) is 3.98. The summed E-state index contributed by atoms with van der Waals surface area (Å²) in [4.78, 5) is 22.8. The Morgan fingerprint density at radius 3 is 2.41 bits per heavy atom. The Morgan fingerprint density at radius 1 is 1.15 bits per heavy atom. The summed E-state index contributed by atoms with van der Waals surface area (Å²) in [6.45, 7) is 3.59. The molecule has 0 aliphatic heterocycles. The minimum Gasteiger partial charge on any atom is -0.326 e. The molecule has 0 atom stereocenters. The van der Waals surface area contributed by atoms with Gasteiger partial charge >= 0.3 is 0 Å². The molecule has 144 valence electrons. The highest BCUT2D eigenvalue weighted by atomic mass is 32.2. The number of hydrogen-bond acceptors (Lipinski definition) is 5. The van der Waals surface area contributed by atoms with Crippen LogP contribution in [0, 0.1) is 17.0 Å². The summed E-state index contributed by atoms with van der Waals surface area (Å²) in [6.07, 6.45) is 0.586. The minimum atomic E-state index is -3.50. The highest BCUT2D eigenvalue weighted by molar-refractivity contribution is 7.89. The molecule has 0 radical (unpaired) electrons. The summed E-state index contributed by atoms with van der Waals surface area (Å²) in [7, 11) is -3.50. The van der Waals surface area contributed by atoms with Gasteiger partial charge in [0.25, 0.3) is 5.69 Å². The van der Waals surface area contributed by atoms with Crippen LogP contribution in [0.4, 0.5) is 11.4 Å². The Hall–Kier alpha value is -2.78. The van der Waals surface area contributed by atoms with E-state index in [1.807, 2.05) is 0 Å². The number of amides is 1. The van der Waals surface area contributed by atoms with E-state index < -0.39 is 14.9 Å². The Kier molecular flexibility index (Phi) is 6.65. The Labute approximate surface area is 157 Å². The van der Waals surface area contributed by atoms with Gasteiger partial charge in [0, 0.05) is 19.0 Å². The number of rotatable bonds is 8. The number of nitro groups is 1. The normalized spacial score (nSPS) is 11.2. The highest BCUT2D eigenvalue weighted by Crippen LogP contribution is 2.25. The van der Waals surface area contributed by atoms with Crippen LogP contribution in [0.15, 0.2) is 47.4 Å². The lowest BCUT2D eigenvalue weighted by molar-refractivity contribution is -0.385. The number of nitro benzene ring substituents is 1. The van der Waals surface area contributed by atoms with E-state index in [2.05, 4.69) is 10.0 Å². The zero-order valence-corrected chi connectivity index (χ0v) is 15.9. The second kappa shape index (κ2) is 8.74. The molecule has 0 aliphatic carbocycles. The molecule has 2 aromatic rings. The van der Waals surface area contributed by atoms with Gasteiger partial charge in [-0.25, -0.2) is 13.1 Å². The van der Waals surface area contributed by atoms with Gasteiger partial charge in [0.05, 0.1) is 21.1 Å². The van der Waals surface area contributed by atoms with Crippen LogP contribution in [-0.4, -0.2) is 25.8 Å². The van der Waals surface area contributed by atoms with Crippen molar-refractivity contribution < 1.29 is 18.1 Å². The molecule has 27 heavy (non-hydrogen) atoms. The van der Waals surface area contributed by atoms with Gasteiger partial charge in [0.2, 0.25) is 15.9 Å². The summed E-state index contributed by atoms with van der Waals surface area (Å²) >= 11 is 0. The smallest absolute Gasteiger partial charge is 0.274 e. The summed E-state index contributed by atoms with van der Waals surface area (Å²) in [5.74, 6) is -0.275. The van der Waals surface area contributed by atoms with E-state index in [9.17, 15) is 23.3 Å². The van der Waals surface area contributed by atoms with Crippen molar-refractivity contribution in [2.24, 2.45) is 0 Å².